The first-order valence-electron chi connectivity index (χ1n) is 6.90. The van der Waals surface area contributed by atoms with Crippen molar-refractivity contribution in [3.63, 3.8) is 0 Å². The molecule has 7 heteroatoms. The molecule has 1 heterocycles. The van der Waals surface area contributed by atoms with Crippen molar-refractivity contribution in [1.29, 1.82) is 0 Å². The van der Waals surface area contributed by atoms with Crippen LogP contribution in [0.25, 0.3) is 0 Å². The third kappa shape index (κ3) is 5.44. The molecule has 0 saturated heterocycles. The van der Waals surface area contributed by atoms with Gasteiger partial charge in [0.2, 0.25) is 5.91 Å². The Balaban J connectivity index is 1.87. The maximum Gasteiger partial charge on any atom is 0.216 e. The van der Waals surface area contributed by atoms with Gasteiger partial charge in [0.1, 0.15) is 0 Å². The summed E-state index contributed by atoms with van der Waals surface area (Å²) in [6.07, 6.45) is 0.674. The van der Waals surface area contributed by atoms with Gasteiger partial charge in [-0.3, -0.25) is 9.59 Å². The summed E-state index contributed by atoms with van der Waals surface area (Å²) >= 11 is 2.56. The SMILES string of the molecule is CC(=O)NCCc1ccc(C(=O)CSc2ccc(F)c(F)c2)s1. The van der Waals surface area contributed by atoms with E-state index in [0.29, 0.717) is 22.7 Å². The number of rotatable bonds is 7. The van der Waals surface area contributed by atoms with E-state index >= 15 is 0 Å². The Bertz CT molecular complexity index is 716. The Morgan fingerprint density at radius 3 is 2.65 bits per heavy atom. The van der Waals surface area contributed by atoms with E-state index in [4.69, 9.17) is 0 Å². The fourth-order valence-electron chi connectivity index (χ4n) is 1.81. The highest BCUT2D eigenvalue weighted by molar-refractivity contribution is 8.00. The summed E-state index contributed by atoms with van der Waals surface area (Å²) in [5, 5.41) is 2.70. The zero-order valence-corrected chi connectivity index (χ0v) is 14.0. The van der Waals surface area contributed by atoms with Crippen molar-refractivity contribution in [3.8, 4) is 0 Å². The van der Waals surface area contributed by atoms with Crippen molar-refractivity contribution >= 4 is 34.8 Å². The Labute approximate surface area is 141 Å². The van der Waals surface area contributed by atoms with Crippen molar-refractivity contribution in [1.82, 2.24) is 5.32 Å². The minimum atomic E-state index is -0.918. The Morgan fingerprint density at radius 2 is 1.96 bits per heavy atom. The number of hydrogen-bond acceptors (Lipinski definition) is 4. The molecule has 0 aliphatic carbocycles. The number of benzene rings is 1. The second kappa shape index (κ2) is 8.21. The number of nitrogens with one attached hydrogen (secondary N) is 1. The quantitative estimate of drug-likeness (QED) is 0.609. The number of hydrogen-bond donors (Lipinski definition) is 1. The average Bonchev–Trinajstić information content (AvgIpc) is 2.97. The average molecular weight is 355 g/mol. The standard InChI is InChI=1S/C16H15F2NO2S2/c1-10(20)19-7-6-11-3-5-16(23-11)15(21)9-22-12-2-4-13(17)14(18)8-12/h2-5,8H,6-7,9H2,1H3,(H,19,20). The molecule has 1 amide bonds. The molecule has 0 aliphatic heterocycles. The van der Waals surface area contributed by atoms with Crippen LogP contribution in [0.15, 0.2) is 35.2 Å². The van der Waals surface area contributed by atoms with Gasteiger partial charge < -0.3 is 5.32 Å². The molecule has 0 fully saturated rings. The van der Waals surface area contributed by atoms with Crippen molar-refractivity contribution in [2.45, 2.75) is 18.2 Å². The molecular formula is C16H15F2NO2S2. The van der Waals surface area contributed by atoms with Gasteiger partial charge in [-0.15, -0.1) is 23.1 Å². The topological polar surface area (TPSA) is 46.2 Å². The first-order valence-corrected chi connectivity index (χ1v) is 8.70. The number of thioether (sulfide) groups is 1. The fraction of sp³-hybridized carbons (Fsp3) is 0.250. The molecule has 2 aromatic rings. The summed E-state index contributed by atoms with van der Waals surface area (Å²) in [6, 6.07) is 7.20. The number of carbonyl (C=O) groups is 2. The van der Waals surface area contributed by atoms with E-state index in [9.17, 15) is 18.4 Å². The second-order valence-corrected chi connectivity index (χ2v) is 7.00. The molecule has 0 atom stereocenters. The van der Waals surface area contributed by atoms with Crippen LogP contribution < -0.4 is 5.32 Å². The van der Waals surface area contributed by atoms with Crippen LogP contribution in [-0.2, 0) is 11.2 Å². The highest BCUT2D eigenvalue weighted by Crippen LogP contribution is 2.24. The molecule has 0 unspecified atom stereocenters. The second-order valence-electron chi connectivity index (χ2n) is 4.79. The van der Waals surface area contributed by atoms with Crippen molar-refractivity contribution in [2.24, 2.45) is 0 Å². The molecule has 0 saturated carbocycles. The van der Waals surface area contributed by atoms with Crippen LogP contribution in [0.2, 0.25) is 0 Å². The highest BCUT2D eigenvalue weighted by atomic mass is 32.2. The van der Waals surface area contributed by atoms with Gasteiger partial charge in [-0.1, -0.05) is 0 Å². The normalized spacial score (nSPS) is 10.6. The van der Waals surface area contributed by atoms with Crippen LogP contribution in [0.5, 0.6) is 0 Å². The van der Waals surface area contributed by atoms with Gasteiger partial charge in [-0.2, -0.15) is 0 Å². The molecule has 0 bridgehead atoms. The molecule has 122 valence electrons. The molecule has 0 radical (unpaired) electrons. The first-order chi connectivity index (χ1) is 11.0. The van der Waals surface area contributed by atoms with E-state index in [0.717, 1.165) is 17.0 Å². The van der Waals surface area contributed by atoms with Crippen molar-refractivity contribution < 1.29 is 18.4 Å². The van der Waals surface area contributed by atoms with Gasteiger partial charge in [-0.25, -0.2) is 8.78 Å². The predicted octanol–water partition coefficient (Wildman–Crippen LogP) is 3.68. The number of ketones is 1. The lowest BCUT2D eigenvalue weighted by Crippen LogP contribution is -2.22. The maximum absolute atomic E-state index is 13.1. The lowest BCUT2D eigenvalue weighted by Gasteiger charge is -2.01. The van der Waals surface area contributed by atoms with Crippen LogP contribution in [0, 0.1) is 11.6 Å². The molecule has 3 nitrogen and oxygen atoms in total. The third-order valence-electron chi connectivity index (χ3n) is 2.94. The van der Waals surface area contributed by atoms with Crippen molar-refractivity contribution in [3.05, 3.63) is 51.7 Å². The van der Waals surface area contributed by atoms with E-state index in [-0.39, 0.29) is 17.4 Å². The number of amides is 1. The van der Waals surface area contributed by atoms with Gasteiger partial charge in [0.15, 0.2) is 17.4 Å². The maximum atomic E-state index is 13.1. The summed E-state index contributed by atoms with van der Waals surface area (Å²) in [5.74, 6) is -1.80. The minimum Gasteiger partial charge on any atom is -0.356 e. The molecule has 2 rings (SSSR count). The number of halogens is 2. The Hall–Kier alpha value is -1.73. The van der Waals surface area contributed by atoms with E-state index in [1.54, 1.807) is 6.07 Å². The zero-order valence-electron chi connectivity index (χ0n) is 12.4. The van der Waals surface area contributed by atoms with E-state index < -0.39 is 11.6 Å². The van der Waals surface area contributed by atoms with E-state index in [1.807, 2.05) is 6.07 Å². The Morgan fingerprint density at radius 1 is 1.17 bits per heavy atom. The minimum absolute atomic E-state index is 0.0597. The van der Waals surface area contributed by atoms with E-state index in [1.165, 1.54) is 36.1 Å². The first kappa shape index (κ1) is 17.6. The number of carbonyl (C=O) groups excluding carboxylic acids is 2. The molecule has 1 N–H and O–H groups in total. The number of thiophene rings is 1. The zero-order chi connectivity index (χ0) is 16.8. The summed E-state index contributed by atoms with van der Waals surface area (Å²) in [7, 11) is 0. The lowest BCUT2D eigenvalue weighted by atomic mass is 10.3. The smallest absolute Gasteiger partial charge is 0.216 e. The van der Waals surface area contributed by atoms with Crippen LogP contribution in [0.4, 0.5) is 8.78 Å². The Kier molecular flexibility index (Phi) is 6.29. The number of Topliss-reactive ketones (excluding diaryl/α,β-unsaturated/α-hetero) is 1. The molecule has 1 aromatic carbocycles. The van der Waals surface area contributed by atoms with Gasteiger partial charge in [-0.05, 0) is 36.8 Å². The summed E-state index contributed by atoms with van der Waals surface area (Å²) in [5.41, 5.74) is 0. The fourth-order valence-corrected chi connectivity index (χ4v) is 3.65. The summed E-state index contributed by atoms with van der Waals surface area (Å²) in [6.45, 7) is 1.99. The largest absolute Gasteiger partial charge is 0.356 e. The third-order valence-corrected chi connectivity index (χ3v) is 5.12. The van der Waals surface area contributed by atoms with E-state index in [2.05, 4.69) is 5.32 Å². The summed E-state index contributed by atoms with van der Waals surface area (Å²) in [4.78, 5) is 25.1. The van der Waals surface area contributed by atoms with Crippen molar-refractivity contribution in [2.75, 3.05) is 12.3 Å². The van der Waals surface area contributed by atoms with Crippen LogP contribution in [0.3, 0.4) is 0 Å². The van der Waals surface area contributed by atoms with Crippen LogP contribution in [0.1, 0.15) is 21.5 Å². The predicted molar refractivity (Wildman–Crippen MR) is 88.1 cm³/mol. The monoisotopic (exact) mass is 355 g/mol. The highest BCUT2D eigenvalue weighted by Gasteiger charge is 2.11. The molecule has 1 aromatic heterocycles. The molecular weight excluding hydrogens is 340 g/mol. The van der Waals surface area contributed by atoms with Gasteiger partial charge in [0, 0.05) is 23.2 Å². The molecule has 0 aliphatic rings. The molecule has 23 heavy (non-hydrogen) atoms. The van der Waals surface area contributed by atoms with Gasteiger partial charge in [0.05, 0.1) is 10.6 Å². The molecule has 0 spiro atoms. The van der Waals surface area contributed by atoms with Crippen LogP contribution in [-0.4, -0.2) is 24.0 Å². The lowest BCUT2D eigenvalue weighted by molar-refractivity contribution is -0.118. The van der Waals surface area contributed by atoms with Crippen LogP contribution >= 0.6 is 23.1 Å². The summed E-state index contributed by atoms with van der Waals surface area (Å²) < 4.78 is 25.9. The van der Waals surface area contributed by atoms with Gasteiger partial charge >= 0.3 is 0 Å². The van der Waals surface area contributed by atoms with Gasteiger partial charge in [0.25, 0.3) is 0 Å².